The first kappa shape index (κ1) is 22.2. The van der Waals surface area contributed by atoms with E-state index in [1.165, 1.54) is 23.5 Å². The lowest BCUT2D eigenvalue weighted by atomic mass is 10.1. The third-order valence-corrected chi connectivity index (χ3v) is 6.13. The van der Waals surface area contributed by atoms with E-state index >= 15 is 0 Å². The second-order valence-corrected chi connectivity index (χ2v) is 8.38. The molecule has 0 aliphatic carbocycles. The normalized spacial score (nSPS) is 17.1. The Morgan fingerprint density at radius 1 is 1.19 bits per heavy atom. The van der Waals surface area contributed by atoms with Crippen LogP contribution >= 0.6 is 11.3 Å². The molecule has 1 fully saturated rings. The van der Waals surface area contributed by atoms with Gasteiger partial charge in [0, 0.05) is 18.7 Å². The minimum Gasteiger partial charge on any atom is -0.376 e. The Morgan fingerprint density at radius 3 is 2.75 bits per heavy atom. The Bertz CT molecular complexity index is 1210. The molecule has 168 valence electrons. The number of carbonyl (C=O) groups is 2. The molecule has 1 saturated heterocycles. The Hall–Kier alpha value is -2.98. The standard InChI is InChI=1S/C22H20F3N3O3S/c23-22(24,25)15-6-3-5-14(11-15)20(30)27-21-28(17-8-1-2-9-18(17)32-21)13-19(29)26-12-16-7-4-10-31-16/h1-3,5-6,8-9,11,16H,4,7,10,12-13H2,(H,26,29). The molecule has 2 heterocycles. The molecule has 0 saturated carbocycles. The molecule has 3 aromatic rings. The first-order valence-corrected chi connectivity index (χ1v) is 10.9. The number of para-hydroxylation sites is 1. The number of ether oxygens (including phenoxy) is 1. The van der Waals surface area contributed by atoms with Gasteiger partial charge in [0.15, 0.2) is 4.80 Å². The Balaban J connectivity index is 1.62. The smallest absolute Gasteiger partial charge is 0.376 e. The van der Waals surface area contributed by atoms with Crippen molar-refractivity contribution >= 4 is 33.4 Å². The van der Waals surface area contributed by atoms with Crippen molar-refractivity contribution in [3.05, 3.63) is 64.5 Å². The summed E-state index contributed by atoms with van der Waals surface area (Å²) >= 11 is 1.19. The highest BCUT2D eigenvalue weighted by atomic mass is 32.1. The van der Waals surface area contributed by atoms with Crippen LogP contribution in [0.5, 0.6) is 0 Å². The zero-order chi connectivity index (χ0) is 22.7. The summed E-state index contributed by atoms with van der Waals surface area (Å²) in [4.78, 5) is 29.5. The van der Waals surface area contributed by atoms with E-state index in [4.69, 9.17) is 4.74 Å². The number of nitrogens with one attached hydrogen (secondary N) is 1. The maximum Gasteiger partial charge on any atom is 0.416 e. The Labute approximate surface area is 185 Å². The molecule has 2 aromatic carbocycles. The van der Waals surface area contributed by atoms with Crippen LogP contribution < -0.4 is 10.1 Å². The SMILES string of the molecule is O=C(Cn1c(=NC(=O)c2cccc(C(F)(F)F)c2)sc2ccccc21)NCC1CCCO1. The minimum absolute atomic E-state index is 0.00480. The van der Waals surface area contributed by atoms with Crippen LogP contribution in [0.2, 0.25) is 0 Å². The van der Waals surface area contributed by atoms with E-state index in [1.54, 1.807) is 16.7 Å². The summed E-state index contributed by atoms with van der Waals surface area (Å²) in [6.07, 6.45) is -2.71. The lowest BCUT2D eigenvalue weighted by Crippen LogP contribution is -2.35. The lowest BCUT2D eigenvalue weighted by Gasteiger charge is -2.11. The topological polar surface area (TPSA) is 72.7 Å². The van der Waals surface area contributed by atoms with E-state index in [-0.39, 0.29) is 28.9 Å². The molecule has 4 rings (SSSR count). The van der Waals surface area contributed by atoms with Gasteiger partial charge in [-0.05, 0) is 43.2 Å². The summed E-state index contributed by atoms with van der Waals surface area (Å²) in [5.74, 6) is -1.08. The van der Waals surface area contributed by atoms with Crippen LogP contribution in [0.15, 0.2) is 53.5 Å². The van der Waals surface area contributed by atoms with Crippen molar-refractivity contribution in [2.75, 3.05) is 13.2 Å². The fraction of sp³-hybridized carbons (Fsp3) is 0.318. The molecular formula is C22H20F3N3O3S. The molecule has 0 radical (unpaired) electrons. The van der Waals surface area contributed by atoms with E-state index < -0.39 is 17.6 Å². The van der Waals surface area contributed by atoms with E-state index in [0.29, 0.717) is 18.7 Å². The second kappa shape index (κ2) is 9.25. The first-order valence-electron chi connectivity index (χ1n) is 10.0. The summed E-state index contributed by atoms with van der Waals surface area (Å²) in [5, 5.41) is 2.83. The molecule has 1 aromatic heterocycles. The van der Waals surface area contributed by atoms with Crippen LogP contribution in [0.1, 0.15) is 28.8 Å². The fourth-order valence-electron chi connectivity index (χ4n) is 3.47. The van der Waals surface area contributed by atoms with Gasteiger partial charge in [0.2, 0.25) is 5.91 Å². The molecule has 1 aliphatic rings. The predicted octanol–water partition coefficient (Wildman–Crippen LogP) is 3.76. The predicted molar refractivity (Wildman–Crippen MR) is 113 cm³/mol. The molecule has 6 nitrogen and oxygen atoms in total. The van der Waals surface area contributed by atoms with E-state index in [0.717, 1.165) is 29.7 Å². The van der Waals surface area contributed by atoms with Gasteiger partial charge in [-0.2, -0.15) is 18.2 Å². The molecular weight excluding hydrogens is 443 g/mol. The highest BCUT2D eigenvalue weighted by Crippen LogP contribution is 2.29. The second-order valence-electron chi connectivity index (χ2n) is 7.37. The van der Waals surface area contributed by atoms with Crippen LogP contribution in [0.3, 0.4) is 0 Å². The highest BCUT2D eigenvalue weighted by molar-refractivity contribution is 7.16. The largest absolute Gasteiger partial charge is 0.416 e. The number of hydrogen-bond acceptors (Lipinski definition) is 4. The fourth-order valence-corrected chi connectivity index (χ4v) is 4.50. The molecule has 0 spiro atoms. The molecule has 1 aliphatic heterocycles. The molecule has 10 heteroatoms. The van der Waals surface area contributed by atoms with Gasteiger partial charge in [-0.1, -0.05) is 29.5 Å². The number of alkyl halides is 3. The van der Waals surface area contributed by atoms with Gasteiger partial charge in [0.1, 0.15) is 6.54 Å². The van der Waals surface area contributed by atoms with Gasteiger partial charge in [0.05, 0.1) is 21.9 Å². The number of carbonyl (C=O) groups excluding carboxylic acids is 2. The van der Waals surface area contributed by atoms with Crippen molar-refractivity contribution in [2.45, 2.75) is 31.7 Å². The van der Waals surface area contributed by atoms with Crippen molar-refractivity contribution in [2.24, 2.45) is 4.99 Å². The summed E-state index contributed by atoms with van der Waals surface area (Å²) in [6, 6.07) is 11.4. The summed E-state index contributed by atoms with van der Waals surface area (Å²) in [7, 11) is 0. The third-order valence-electron chi connectivity index (χ3n) is 5.07. The number of benzene rings is 2. The van der Waals surface area contributed by atoms with Gasteiger partial charge in [0.25, 0.3) is 5.91 Å². The number of nitrogens with zero attached hydrogens (tertiary/aromatic N) is 2. The quantitative estimate of drug-likeness (QED) is 0.626. The maximum absolute atomic E-state index is 13.0. The average Bonchev–Trinajstić information content (AvgIpc) is 3.40. The van der Waals surface area contributed by atoms with Crippen LogP contribution in [-0.2, 0) is 22.3 Å². The van der Waals surface area contributed by atoms with Crippen LogP contribution in [-0.4, -0.2) is 35.6 Å². The van der Waals surface area contributed by atoms with Gasteiger partial charge in [-0.3, -0.25) is 9.59 Å². The summed E-state index contributed by atoms with van der Waals surface area (Å²) < 4.78 is 46.9. The zero-order valence-corrected chi connectivity index (χ0v) is 17.7. The van der Waals surface area contributed by atoms with Gasteiger partial charge >= 0.3 is 6.18 Å². The maximum atomic E-state index is 13.0. The van der Waals surface area contributed by atoms with E-state index in [1.807, 2.05) is 12.1 Å². The zero-order valence-electron chi connectivity index (χ0n) is 16.9. The Morgan fingerprint density at radius 2 is 2.00 bits per heavy atom. The lowest BCUT2D eigenvalue weighted by molar-refractivity contribution is -0.137. The average molecular weight is 463 g/mol. The molecule has 2 amide bonds. The first-order chi connectivity index (χ1) is 15.3. The van der Waals surface area contributed by atoms with Crippen molar-refractivity contribution in [1.29, 1.82) is 0 Å². The van der Waals surface area contributed by atoms with Crippen molar-refractivity contribution in [1.82, 2.24) is 9.88 Å². The molecule has 1 N–H and O–H groups in total. The number of halogens is 3. The third kappa shape index (κ3) is 5.08. The minimum atomic E-state index is -4.56. The van der Waals surface area contributed by atoms with Crippen molar-refractivity contribution in [3.63, 3.8) is 0 Å². The molecule has 0 bridgehead atoms. The van der Waals surface area contributed by atoms with Gasteiger partial charge in [-0.25, -0.2) is 0 Å². The van der Waals surface area contributed by atoms with E-state index in [2.05, 4.69) is 10.3 Å². The number of amides is 2. The summed E-state index contributed by atoms with van der Waals surface area (Å²) in [5.41, 5.74) is -0.386. The van der Waals surface area contributed by atoms with Crippen molar-refractivity contribution in [3.8, 4) is 0 Å². The number of thiazole rings is 1. The van der Waals surface area contributed by atoms with Gasteiger partial charge < -0.3 is 14.6 Å². The van der Waals surface area contributed by atoms with Crippen LogP contribution in [0.25, 0.3) is 10.2 Å². The number of fused-ring (bicyclic) bond motifs is 1. The van der Waals surface area contributed by atoms with Crippen LogP contribution in [0, 0.1) is 0 Å². The Kier molecular flexibility index (Phi) is 6.43. The van der Waals surface area contributed by atoms with E-state index in [9.17, 15) is 22.8 Å². The van der Waals surface area contributed by atoms with Gasteiger partial charge in [-0.15, -0.1) is 0 Å². The molecule has 32 heavy (non-hydrogen) atoms. The van der Waals surface area contributed by atoms with Crippen LogP contribution in [0.4, 0.5) is 13.2 Å². The highest BCUT2D eigenvalue weighted by Gasteiger charge is 2.31. The number of rotatable bonds is 5. The number of aromatic nitrogens is 1. The number of hydrogen-bond donors (Lipinski definition) is 1. The summed E-state index contributed by atoms with van der Waals surface area (Å²) in [6.45, 7) is 1.01. The molecule has 1 atom stereocenters. The van der Waals surface area contributed by atoms with Crippen molar-refractivity contribution < 1.29 is 27.5 Å². The molecule has 1 unspecified atom stereocenters. The monoisotopic (exact) mass is 463 g/mol.